The molecule has 0 aromatic heterocycles. The summed E-state index contributed by atoms with van der Waals surface area (Å²) in [6, 6.07) is 0.202. The Balaban J connectivity index is 1.37. The van der Waals surface area contributed by atoms with Gasteiger partial charge in [-0.05, 0) is 57.3 Å². The highest BCUT2D eigenvalue weighted by molar-refractivity contribution is 6.20. The minimum absolute atomic E-state index is 0.0112. The second kappa shape index (κ2) is 9.72. The van der Waals surface area contributed by atoms with Crippen molar-refractivity contribution >= 4 is 23.4 Å². The molecule has 182 valence electrons. The fourth-order valence-electron chi connectivity index (χ4n) is 5.56. The zero-order chi connectivity index (χ0) is 23.0. The molecule has 4 rings (SSSR count). The van der Waals surface area contributed by atoms with Crippen molar-refractivity contribution in [1.29, 1.82) is 0 Å². The van der Waals surface area contributed by atoms with E-state index < -0.39 is 17.9 Å². The summed E-state index contributed by atoms with van der Waals surface area (Å²) in [7, 11) is 0. The molecule has 4 aliphatic rings. The molecule has 0 bridgehead atoms. The van der Waals surface area contributed by atoms with E-state index in [0.717, 1.165) is 19.3 Å². The van der Waals surface area contributed by atoms with Gasteiger partial charge < -0.3 is 14.9 Å². The lowest BCUT2D eigenvalue weighted by Gasteiger charge is -2.48. The molecule has 6 atom stereocenters. The van der Waals surface area contributed by atoms with Crippen molar-refractivity contribution in [3.63, 3.8) is 0 Å². The molecule has 2 aliphatic heterocycles. The molecular weight excluding hydrogens is 435 g/mol. The fraction of sp³-hybridized carbons (Fsp3) is 0.913. The van der Waals surface area contributed by atoms with Crippen molar-refractivity contribution in [2.75, 3.05) is 39.3 Å². The van der Waals surface area contributed by atoms with E-state index in [-0.39, 0.29) is 35.1 Å². The van der Waals surface area contributed by atoms with Crippen LogP contribution in [0.15, 0.2) is 0 Å². The first kappa shape index (κ1) is 24.2. The van der Waals surface area contributed by atoms with E-state index in [0.29, 0.717) is 58.5 Å². The first-order chi connectivity index (χ1) is 15.2. The van der Waals surface area contributed by atoms with Gasteiger partial charge in [0.1, 0.15) is 17.9 Å². The number of amides is 2. The van der Waals surface area contributed by atoms with Crippen molar-refractivity contribution in [3.8, 4) is 0 Å². The number of hydrogen-bond acceptors (Lipinski definition) is 5. The van der Waals surface area contributed by atoms with Crippen LogP contribution in [-0.4, -0.2) is 100 Å². The van der Waals surface area contributed by atoms with E-state index in [1.165, 1.54) is 0 Å². The number of hydrogen-bond donors (Lipinski definition) is 2. The number of nitrogens with zero attached hydrogens (tertiary/aromatic N) is 3. The van der Waals surface area contributed by atoms with E-state index in [2.05, 4.69) is 24.1 Å². The molecule has 0 radical (unpaired) electrons. The van der Waals surface area contributed by atoms with Crippen LogP contribution in [0.4, 0.5) is 4.39 Å². The second-order valence-corrected chi connectivity index (χ2v) is 10.9. The molecule has 7 nitrogen and oxygen atoms in total. The van der Waals surface area contributed by atoms with Crippen LogP contribution in [0.25, 0.3) is 0 Å². The molecule has 0 aromatic carbocycles. The maximum atomic E-state index is 14.8. The smallest absolute Gasteiger partial charge is 0.254 e. The third-order valence-electron chi connectivity index (χ3n) is 8.11. The third-order valence-corrected chi connectivity index (χ3v) is 8.50. The molecule has 9 heteroatoms. The van der Waals surface area contributed by atoms with Gasteiger partial charge in [-0.2, -0.15) is 0 Å². The number of nitrogens with one attached hydrogen (secondary N) is 1. The van der Waals surface area contributed by atoms with Crippen LogP contribution in [0.5, 0.6) is 0 Å². The number of carbonyl (C=O) groups excluding carboxylic acids is 2. The summed E-state index contributed by atoms with van der Waals surface area (Å²) in [6.45, 7) is 7.44. The van der Waals surface area contributed by atoms with Gasteiger partial charge in [0.05, 0.1) is 0 Å². The zero-order valence-corrected chi connectivity index (χ0v) is 20.1. The molecule has 0 aromatic rings. The summed E-state index contributed by atoms with van der Waals surface area (Å²) in [6.07, 6.45) is 2.76. The molecular formula is C23H38ClFN4O3. The summed E-state index contributed by atoms with van der Waals surface area (Å²) in [5.41, 5.74) is -1.16. The van der Waals surface area contributed by atoms with Gasteiger partial charge >= 0.3 is 0 Å². The van der Waals surface area contributed by atoms with Gasteiger partial charge in [0, 0.05) is 50.7 Å². The quantitative estimate of drug-likeness (QED) is 0.594. The van der Waals surface area contributed by atoms with Gasteiger partial charge in [-0.15, -0.1) is 11.6 Å². The Morgan fingerprint density at radius 2 is 1.84 bits per heavy atom. The minimum Gasteiger partial charge on any atom is -0.380 e. The Kier molecular flexibility index (Phi) is 7.35. The predicted octanol–water partition coefficient (Wildman–Crippen LogP) is 1.57. The van der Waals surface area contributed by atoms with Crippen LogP contribution < -0.4 is 5.32 Å². The summed E-state index contributed by atoms with van der Waals surface area (Å²) < 4.78 is 14.8. The number of halogens is 2. The fourth-order valence-corrected chi connectivity index (χ4v) is 5.85. The van der Waals surface area contributed by atoms with Gasteiger partial charge in [0.25, 0.3) is 11.8 Å². The van der Waals surface area contributed by atoms with E-state index in [1.807, 2.05) is 4.90 Å². The Morgan fingerprint density at radius 1 is 1.19 bits per heavy atom. The van der Waals surface area contributed by atoms with Gasteiger partial charge in [0.2, 0.25) is 0 Å². The molecule has 4 fully saturated rings. The van der Waals surface area contributed by atoms with Crippen LogP contribution in [0.2, 0.25) is 0 Å². The Bertz CT molecular complexity index is 701. The SMILES string of the molecule is CCC(C)N1CC(C2CCC(Cl)CC2F)CNC1C(=O)N1CCN(C(=O)C2(O)CC2)CC1. The standard InChI is InChI=1S/C23H38ClFN4O3/c1-3-15(2)29-14-16(18-5-4-17(24)12-19(18)25)13-26-20(29)21(30)27-8-10-28(11-9-27)22(31)23(32)6-7-23/h15-20,26,32H,3-14H2,1-2H3. The average Bonchev–Trinajstić information content (AvgIpc) is 3.56. The molecule has 2 saturated carbocycles. The average molecular weight is 473 g/mol. The normalized spacial score (nSPS) is 36.6. The van der Waals surface area contributed by atoms with Crippen LogP contribution >= 0.6 is 11.6 Å². The van der Waals surface area contributed by atoms with E-state index >= 15 is 0 Å². The summed E-state index contributed by atoms with van der Waals surface area (Å²) >= 11 is 6.17. The summed E-state index contributed by atoms with van der Waals surface area (Å²) in [4.78, 5) is 31.5. The maximum absolute atomic E-state index is 14.8. The molecule has 2 amide bonds. The molecule has 2 aliphatic carbocycles. The Morgan fingerprint density at radius 3 is 2.44 bits per heavy atom. The number of carbonyl (C=O) groups is 2. The van der Waals surface area contributed by atoms with E-state index in [1.54, 1.807) is 4.90 Å². The molecule has 32 heavy (non-hydrogen) atoms. The number of piperazine rings is 1. The van der Waals surface area contributed by atoms with Crippen molar-refractivity contribution < 1.29 is 19.1 Å². The van der Waals surface area contributed by atoms with Crippen LogP contribution in [0.3, 0.4) is 0 Å². The third kappa shape index (κ3) is 4.93. The van der Waals surface area contributed by atoms with Crippen molar-refractivity contribution in [1.82, 2.24) is 20.0 Å². The second-order valence-electron chi connectivity index (χ2n) is 10.3. The summed E-state index contributed by atoms with van der Waals surface area (Å²) in [5.74, 6) is -0.0111. The number of aliphatic hydroxyl groups is 1. The van der Waals surface area contributed by atoms with E-state index in [9.17, 15) is 19.1 Å². The molecule has 2 N–H and O–H groups in total. The molecule has 2 saturated heterocycles. The lowest BCUT2D eigenvalue weighted by atomic mass is 9.77. The summed E-state index contributed by atoms with van der Waals surface area (Å²) in [5, 5.41) is 13.5. The lowest BCUT2D eigenvalue weighted by molar-refractivity contribution is -0.151. The highest BCUT2D eigenvalue weighted by Crippen LogP contribution is 2.38. The van der Waals surface area contributed by atoms with E-state index in [4.69, 9.17) is 11.6 Å². The zero-order valence-electron chi connectivity index (χ0n) is 19.3. The molecule has 2 heterocycles. The predicted molar refractivity (Wildman–Crippen MR) is 121 cm³/mol. The van der Waals surface area contributed by atoms with Crippen LogP contribution in [0.1, 0.15) is 52.4 Å². The van der Waals surface area contributed by atoms with Crippen molar-refractivity contribution in [3.05, 3.63) is 0 Å². The largest absolute Gasteiger partial charge is 0.380 e. The topological polar surface area (TPSA) is 76.1 Å². The molecule has 0 spiro atoms. The number of alkyl halides is 2. The highest BCUT2D eigenvalue weighted by Gasteiger charge is 2.51. The monoisotopic (exact) mass is 472 g/mol. The Labute approximate surface area is 195 Å². The Hall–Kier alpha value is -0.960. The minimum atomic E-state index is -1.16. The van der Waals surface area contributed by atoms with Crippen LogP contribution in [0, 0.1) is 11.8 Å². The van der Waals surface area contributed by atoms with Crippen molar-refractivity contribution in [2.45, 2.75) is 81.7 Å². The molecule has 6 unspecified atom stereocenters. The first-order valence-corrected chi connectivity index (χ1v) is 12.7. The lowest BCUT2D eigenvalue weighted by Crippen LogP contribution is -2.66. The van der Waals surface area contributed by atoms with Crippen LogP contribution in [-0.2, 0) is 9.59 Å². The van der Waals surface area contributed by atoms with Crippen molar-refractivity contribution in [2.24, 2.45) is 11.8 Å². The van der Waals surface area contributed by atoms with Gasteiger partial charge in [-0.25, -0.2) is 4.39 Å². The maximum Gasteiger partial charge on any atom is 0.254 e. The number of rotatable bonds is 5. The highest BCUT2D eigenvalue weighted by atomic mass is 35.5. The first-order valence-electron chi connectivity index (χ1n) is 12.3. The van der Waals surface area contributed by atoms with Gasteiger partial charge in [0.15, 0.2) is 0 Å². The van der Waals surface area contributed by atoms with Gasteiger partial charge in [-0.3, -0.25) is 19.8 Å². The van der Waals surface area contributed by atoms with Gasteiger partial charge in [-0.1, -0.05) is 6.92 Å².